The Labute approximate surface area is 161 Å². The van der Waals surface area contributed by atoms with Crippen LogP contribution in [0.5, 0.6) is 0 Å². The number of likely N-dealkylation sites (N-methyl/N-ethyl adjacent to an activating group) is 1. The summed E-state index contributed by atoms with van der Waals surface area (Å²) in [5, 5.41) is 3.78. The third-order valence-corrected chi connectivity index (χ3v) is 5.08. The number of amides is 2. The minimum atomic E-state index is -0.122. The van der Waals surface area contributed by atoms with E-state index in [2.05, 4.69) is 5.32 Å². The molecule has 0 fully saturated rings. The molecule has 2 aromatic rings. The van der Waals surface area contributed by atoms with Gasteiger partial charge in [0.2, 0.25) is 5.91 Å². The van der Waals surface area contributed by atoms with Gasteiger partial charge < -0.3 is 10.2 Å². The summed E-state index contributed by atoms with van der Waals surface area (Å²) in [5.41, 5.74) is 4.84. The normalized spacial score (nSPS) is 13.5. The maximum absolute atomic E-state index is 13.5. The predicted octanol–water partition coefficient (Wildman–Crippen LogP) is 3.41. The molecule has 5 nitrogen and oxygen atoms in total. The van der Waals surface area contributed by atoms with Gasteiger partial charge in [-0.1, -0.05) is 11.6 Å². The Bertz CT molecular complexity index is 873. The van der Waals surface area contributed by atoms with Crippen LogP contribution in [-0.4, -0.2) is 40.8 Å². The van der Waals surface area contributed by atoms with Crippen molar-refractivity contribution in [1.29, 1.82) is 0 Å². The lowest BCUT2D eigenvalue weighted by Gasteiger charge is -2.26. The SMILES string of the molecule is CCN(CC(=O)NC(C)C)C(=O)c1c2c(nc3ccc(C)cc13)CCCC2. The summed E-state index contributed by atoms with van der Waals surface area (Å²) in [6, 6.07) is 6.14. The zero-order valence-corrected chi connectivity index (χ0v) is 16.8. The van der Waals surface area contributed by atoms with Gasteiger partial charge in [-0.2, -0.15) is 0 Å². The van der Waals surface area contributed by atoms with Crippen molar-refractivity contribution in [2.45, 2.75) is 59.4 Å². The Morgan fingerprint density at radius 3 is 2.67 bits per heavy atom. The first kappa shape index (κ1) is 19.3. The molecule has 1 N–H and O–H groups in total. The highest BCUT2D eigenvalue weighted by Crippen LogP contribution is 2.30. The van der Waals surface area contributed by atoms with E-state index in [0.717, 1.165) is 59.0 Å². The molecule has 1 aliphatic rings. The highest BCUT2D eigenvalue weighted by Gasteiger charge is 2.26. The van der Waals surface area contributed by atoms with Crippen LogP contribution in [-0.2, 0) is 17.6 Å². The Hall–Kier alpha value is -2.43. The molecule has 1 aromatic carbocycles. The quantitative estimate of drug-likeness (QED) is 0.881. The molecule has 2 amide bonds. The van der Waals surface area contributed by atoms with Gasteiger partial charge in [0.15, 0.2) is 0 Å². The van der Waals surface area contributed by atoms with Gasteiger partial charge >= 0.3 is 0 Å². The number of pyridine rings is 1. The van der Waals surface area contributed by atoms with Crippen LogP contribution in [0, 0.1) is 6.92 Å². The Morgan fingerprint density at radius 1 is 1.22 bits per heavy atom. The van der Waals surface area contributed by atoms with Crippen LogP contribution in [0.15, 0.2) is 18.2 Å². The fourth-order valence-electron chi connectivity index (χ4n) is 3.81. The Kier molecular flexibility index (Phi) is 5.78. The average molecular weight is 367 g/mol. The van der Waals surface area contributed by atoms with Gasteiger partial charge in [0.1, 0.15) is 0 Å². The first-order valence-corrected chi connectivity index (χ1v) is 9.91. The van der Waals surface area contributed by atoms with Crippen LogP contribution in [0.2, 0.25) is 0 Å². The Balaban J connectivity index is 2.06. The van der Waals surface area contributed by atoms with Crippen LogP contribution >= 0.6 is 0 Å². The second-order valence-electron chi connectivity index (χ2n) is 7.68. The van der Waals surface area contributed by atoms with Gasteiger partial charge in [-0.05, 0) is 71.1 Å². The first-order valence-electron chi connectivity index (χ1n) is 9.91. The standard InChI is InChI=1S/C22H29N3O2/c1-5-25(13-20(26)23-14(2)3)22(27)21-16-8-6-7-9-18(16)24-19-11-10-15(4)12-17(19)21/h10-12,14H,5-9,13H2,1-4H3,(H,23,26). The number of fused-ring (bicyclic) bond motifs is 2. The monoisotopic (exact) mass is 367 g/mol. The minimum absolute atomic E-state index is 0.0588. The summed E-state index contributed by atoms with van der Waals surface area (Å²) in [6.45, 7) is 8.37. The van der Waals surface area contributed by atoms with Gasteiger partial charge in [-0.25, -0.2) is 0 Å². The van der Waals surface area contributed by atoms with Gasteiger partial charge in [0, 0.05) is 23.7 Å². The first-order chi connectivity index (χ1) is 12.9. The third-order valence-electron chi connectivity index (χ3n) is 5.08. The molecule has 0 unspecified atom stereocenters. The Morgan fingerprint density at radius 2 is 1.96 bits per heavy atom. The zero-order valence-electron chi connectivity index (χ0n) is 16.8. The van der Waals surface area contributed by atoms with Crippen LogP contribution in [0.25, 0.3) is 10.9 Å². The molecule has 3 rings (SSSR count). The maximum Gasteiger partial charge on any atom is 0.255 e. The third kappa shape index (κ3) is 4.12. The molecule has 0 atom stereocenters. The van der Waals surface area contributed by atoms with E-state index in [-0.39, 0.29) is 24.4 Å². The summed E-state index contributed by atoms with van der Waals surface area (Å²) < 4.78 is 0. The molecular weight excluding hydrogens is 338 g/mol. The molecular formula is C22H29N3O2. The molecule has 1 heterocycles. The van der Waals surface area contributed by atoms with Crippen molar-refractivity contribution < 1.29 is 9.59 Å². The highest BCUT2D eigenvalue weighted by atomic mass is 16.2. The number of hydrogen-bond acceptors (Lipinski definition) is 3. The highest BCUT2D eigenvalue weighted by molar-refractivity contribution is 6.08. The molecule has 144 valence electrons. The predicted molar refractivity (Wildman–Crippen MR) is 108 cm³/mol. The van der Waals surface area contributed by atoms with Crippen molar-refractivity contribution in [3.8, 4) is 0 Å². The van der Waals surface area contributed by atoms with Crippen molar-refractivity contribution in [2.75, 3.05) is 13.1 Å². The topological polar surface area (TPSA) is 62.3 Å². The van der Waals surface area contributed by atoms with Crippen LogP contribution in [0.3, 0.4) is 0 Å². The average Bonchev–Trinajstić information content (AvgIpc) is 2.63. The van der Waals surface area contributed by atoms with Crippen molar-refractivity contribution in [3.63, 3.8) is 0 Å². The number of aryl methyl sites for hydroxylation is 2. The number of carbonyl (C=O) groups is 2. The molecule has 0 radical (unpaired) electrons. The van der Waals surface area contributed by atoms with Crippen molar-refractivity contribution >= 4 is 22.7 Å². The number of nitrogens with zero attached hydrogens (tertiary/aromatic N) is 2. The lowest BCUT2D eigenvalue weighted by molar-refractivity contribution is -0.122. The fraction of sp³-hybridized carbons (Fsp3) is 0.500. The van der Waals surface area contributed by atoms with Crippen molar-refractivity contribution in [2.24, 2.45) is 0 Å². The zero-order chi connectivity index (χ0) is 19.6. The number of aromatic nitrogens is 1. The summed E-state index contributed by atoms with van der Waals surface area (Å²) in [7, 11) is 0. The van der Waals surface area contributed by atoms with E-state index < -0.39 is 0 Å². The summed E-state index contributed by atoms with van der Waals surface area (Å²) in [6.07, 6.45) is 3.98. The van der Waals surface area contributed by atoms with E-state index in [1.54, 1.807) is 4.90 Å². The molecule has 27 heavy (non-hydrogen) atoms. The lowest BCUT2D eigenvalue weighted by atomic mass is 9.89. The second kappa shape index (κ2) is 8.07. The van der Waals surface area contributed by atoms with E-state index in [1.165, 1.54) is 0 Å². The number of rotatable bonds is 5. The molecule has 0 aliphatic heterocycles. The lowest BCUT2D eigenvalue weighted by Crippen LogP contribution is -2.43. The van der Waals surface area contributed by atoms with E-state index in [9.17, 15) is 9.59 Å². The smallest absolute Gasteiger partial charge is 0.255 e. The number of carbonyl (C=O) groups excluding carboxylic acids is 2. The molecule has 0 saturated heterocycles. The van der Waals surface area contributed by atoms with Gasteiger partial charge in [-0.15, -0.1) is 0 Å². The fourth-order valence-corrected chi connectivity index (χ4v) is 3.81. The molecule has 5 heteroatoms. The molecule has 1 aliphatic carbocycles. The van der Waals surface area contributed by atoms with E-state index >= 15 is 0 Å². The van der Waals surface area contributed by atoms with Crippen LogP contribution in [0.1, 0.15) is 60.8 Å². The van der Waals surface area contributed by atoms with Crippen LogP contribution in [0.4, 0.5) is 0 Å². The van der Waals surface area contributed by atoms with Crippen molar-refractivity contribution in [1.82, 2.24) is 15.2 Å². The minimum Gasteiger partial charge on any atom is -0.352 e. The summed E-state index contributed by atoms with van der Waals surface area (Å²) in [5.74, 6) is -0.184. The molecule has 1 aromatic heterocycles. The van der Waals surface area contributed by atoms with E-state index in [4.69, 9.17) is 4.98 Å². The maximum atomic E-state index is 13.5. The van der Waals surface area contributed by atoms with E-state index in [0.29, 0.717) is 6.54 Å². The number of hydrogen-bond donors (Lipinski definition) is 1. The number of nitrogens with one attached hydrogen (secondary N) is 1. The molecule has 0 bridgehead atoms. The molecule has 0 saturated carbocycles. The van der Waals surface area contributed by atoms with Gasteiger partial charge in [0.05, 0.1) is 17.6 Å². The molecule has 0 spiro atoms. The largest absolute Gasteiger partial charge is 0.352 e. The van der Waals surface area contributed by atoms with Crippen LogP contribution < -0.4 is 5.32 Å². The number of benzene rings is 1. The van der Waals surface area contributed by atoms with Crippen molar-refractivity contribution in [3.05, 3.63) is 40.6 Å². The summed E-state index contributed by atoms with van der Waals surface area (Å²) in [4.78, 5) is 32.2. The summed E-state index contributed by atoms with van der Waals surface area (Å²) >= 11 is 0. The second-order valence-corrected chi connectivity index (χ2v) is 7.68. The van der Waals surface area contributed by atoms with Gasteiger partial charge in [-0.3, -0.25) is 14.6 Å². The van der Waals surface area contributed by atoms with Gasteiger partial charge in [0.25, 0.3) is 5.91 Å². The van der Waals surface area contributed by atoms with E-state index in [1.807, 2.05) is 45.9 Å².